The minimum Gasteiger partial charge on any atom is -0.497 e. The molecular formula is C16H16N2O5S. The molecule has 3 N–H and O–H groups in total. The Hall–Kier alpha value is -2.71. The molecule has 0 aliphatic heterocycles. The van der Waals surface area contributed by atoms with Gasteiger partial charge in [0.2, 0.25) is 5.91 Å². The molecule has 2 amide bonds. The number of Topliss-reactive ketones (excluding diaryl/α,β-unsaturated/α-hetero) is 1. The Kier molecular flexibility index (Phi) is 6.05. The van der Waals surface area contributed by atoms with E-state index in [0.717, 1.165) is 11.3 Å². The molecular weight excluding hydrogens is 332 g/mol. The molecule has 8 heteroatoms. The number of amides is 2. The number of aliphatic hydroxyl groups excluding tert-OH is 1. The van der Waals surface area contributed by atoms with Crippen molar-refractivity contribution >= 4 is 34.6 Å². The molecule has 1 atom stereocenters. The predicted molar refractivity (Wildman–Crippen MR) is 89.3 cm³/mol. The molecule has 0 saturated carbocycles. The number of nitrogens with one attached hydrogen (secondary N) is 2. The molecule has 0 saturated heterocycles. The van der Waals surface area contributed by atoms with Gasteiger partial charge in [-0.25, -0.2) is 0 Å². The molecule has 7 nitrogen and oxygen atoms in total. The summed E-state index contributed by atoms with van der Waals surface area (Å²) < 4.78 is 5.01. The Labute approximate surface area is 142 Å². The standard InChI is InChI=1S/C16H16N2O5S/c1-23-11-6-4-10(5-7-11)17-15(21)12(9-19)18-16(22)14(20)13-3-2-8-24-13/h2-8,12,19H,9H2,1H3,(H,17,21)(H,18,22)/t12-/m0/s1. The van der Waals surface area contributed by atoms with Gasteiger partial charge in [0, 0.05) is 5.69 Å². The van der Waals surface area contributed by atoms with Gasteiger partial charge in [0.25, 0.3) is 11.7 Å². The lowest BCUT2D eigenvalue weighted by Gasteiger charge is -2.15. The first-order valence-corrected chi connectivity index (χ1v) is 7.87. The average Bonchev–Trinajstić information content (AvgIpc) is 3.13. The third kappa shape index (κ3) is 4.40. The highest BCUT2D eigenvalue weighted by Crippen LogP contribution is 2.15. The highest BCUT2D eigenvalue weighted by atomic mass is 32.1. The van der Waals surface area contributed by atoms with Crippen LogP contribution in [0.5, 0.6) is 5.75 Å². The summed E-state index contributed by atoms with van der Waals surface area (Å²) in [6.45, 7) is -0.633. The number of carbonyl (C=O) groups is 3. The van der Waals surface area contributed by atoms with Crippen LogP contribution in [0.4, 0.5) is 5.69 Å². The van der Waals surface area contributed by atoms with Gasteiger partial charge in [-0.2, -0.15) is 0 Å². The summed E-state index contributed by atoms with van der Waals surface area (Å²) >= 11 is 1.12. The fourth-order valence-electron chi connectivity index (χ4n) is 1.84. The SMILES string of the molecule is COc1ccc(NC(=O)[C@H](CO)NC(=O)C(=O)c2cccs2)cc1. The fraction of sp³-hybridized carbons (Fsp3) is 0.188. The van der Waals surface area contributed by atoms with Crippen molar-refractivity contribution in [1.29, 1.82) is 0 Å². The zero-order valence-corrected chi connectivity index (χ0v) is 13.6. The molecule has 1 heterocycles. The Morgan fingerprint density at radius 1 is 1.21 bits per heavy atom. The Morgan fingerprint density at radius 3 is 2.46 bits per heavy atom. The van der Waals surface area contributed by atoms with Crippen molar-refractivity contribution in [3.8, 4) is 5.75 Å². The highest BCUT2D eigenvalue weighted by molar-refractivity contribution is 7.13. The molecule has 0 spiro atoms. The zero-order valence-electron chi connectivity index (χ0n) is 12.8. The number of hydrogen-bond donors (Lipinski definition) is 3. The van der Waals surface area contributed by atoms with Crippen LogP contribution in [0.2, 0.25) is 0 Å². The summed E-state index contributed by atoms with van der Waals surface area (Å²) in [5.41, 5.74) is 0.470. The first-order chi connectivity index (χ1) is 11.5. The molecule has 0 bridgehead atoms. The summed E-state index contributed by atoms with van der Waals surface area (Å²) in [6.07, 6.45) is 0. The van der Waals surface area contributed by atoms with Crippen LogP contribution in [0.25, 0.3) is 0 Å². The van der Waals surface area contributed by atoms with Crippen molar-refractivity contribution in [3.63, 3.8) is 0 Å². The lowest BCUT2D eigenvalue weighted by Crippen LogP contribution is -2.48. The minimum atomic E-state index is -1.23. The third-order valence-corrected chi connectivity index (χ3v) is 3.98. The quantitative estimate of drug-likeness (QED) is 0.512. The van der Waals surface area contributed by atoms with Gasteiger partial charge in [-0.15, -0.1) is 11.3 Å². The second kappa shape index (κ2) is 8.23. The van der Waals surface area contributed by atoms with E-state index in [-0.39, 0.29) is 4.88 Å². The number of rotatable bonds is 7. The Bertz CT molecular complexity index is 713. The van der Waals surface area contributed by atoms with E-state index >= 15 is 0 Å². The van der Waals surface area contributed by atoms with Gasteiger partial charge in [-0.05, 0) is 35.7 Å². The lowest BCUT2D eigenvalue weighted by atomic mass is 10.2. The van der Waals surface area contributed by atoms with Gasteiger partial charge in [-0.3, -0.25) is 14.4 Å². The second-order valence-electron chi connectivity index (χ2n) is 4.73. The largest absolute Gasteiger partial charge is 0.497 e. The molecule has 1 aromatic carbocycles. The number of methoxy groups -OCH3 is 1. The summed E-state index contributed by atoms with van der Waals surface area (Å²) in [5, 5.41) is 15.8. The topological polar surface area (TPSA) is 105 Å². The van der Waals surface area contributed by atoms with E-state index in [1.165, 1.54) is 13.2 Å². The number of hydrogen-bond acceptors (Lipinski definition) is 6. The number of anilines is 1. The first kappa shape index (κ1) is 17.6. The second-order valence-corrected chi connectivity index (χ2v) is 5.68. The number of aliphatic hydroxyl groups is 1. The molecule has 0 aliphatic rings. The van der Waals surface area contributed by atoms with E-state index < -0.39 is 30.2 Å². The third-order valence-electron chi connectivity index (χ3n) is 3.11. The van der Waals surface area contributed by atoms with Gasteiger partial charge in [0.1, 0.15) is 11.8 Å². The minimum absolute atomic E-state index is 0.264. The zero-order chi connectivity index (χ0) is 17.5. The monoisotopic (exact) mass is 348 g/mol. The Morgan fingerprint density at radius 2 is 1.92 bits per heavy atom. The number of benzene rings is 1. The van der Waals surface area contributed by atoms with E-state index in [0.29, 0.717) is 11.4 Å². The van der Waals surface area contributed by atoms with Gasteiger partial charge < -0.3 is 20.5 Å². The van der Waals surface area contributed by atoms with Crippen LogP contribution in [0.1, 0.15) is 9.67 Å². The molecule has 24 heavy (non-hydrogen) atoms. The van der Waals surface area contributed by atoms with Crippen LogP contribution < -0.4 is 15.4 Å². The van der Waals surface area contributed by atoms with Gasteiger partial charge in [0.05, 0.1) is 18.6 Å². The normalized spacial score (nSPS) is 11.4. The van der Waals surface area contributed by atoms with E-state index in [2.05, 4.69) is 10.6 Å². The first-order valence-electron chi connectivity index (χ1n) is 6.99. The molecule has 2 rings (SSSR count). The van der Waals surface area contributed by atoms with Crippen LogP contribution in [0, 0.1) is 0 Å². The molecule has 2 aromatic rings. The molecule has 0 aliphatic carbocycles. The van der Waals surface area contributed by atoms with Crippen LogP contribution in [0.15, 0.2) is 41.8 Å². The molecule has 0 unspecified atom stereocenters. The molecule has 0 radical (unpaired) electrons. The van der Waals surface area contributed by atoms with Crippen molar-refractivity contribution < 1.29 is 24.2 Å². The summed E-state index contributed by atoms with van der Waals surface area (Å²) in [5.74, 6) is -1.70. The van der Waals surface area contributed by atoms with E-state index in [1.54, 1.807) is 35.7 Å². The van der Waals surface area contributed by atoms with Crippen LogP contribution >= 0.6 is 11.3 Å². The maximum absolute atomic E-state index is 12.1. The van der Waals surface area contributed by atoms with Crippen LogP contribution in [0.3, 0.4) is 0 Å². The number of ether oxygens (including phenoxy) is 1. The van der Waals surface area contributed by atoms with Crippen molar-refractivity contribution in [3.05, 3.63) is 46.7 Å². The number of thiophene rings is 1. The van der Waals surface area contributed by atoms with Gasteiger partial charge >= 0.3 is 0 Å². The smallest absolute Gasteiger partial charge is 0.293 e. The predicted octanol–water partition coefficient (Wildman–Crippen LogP) is 1.06. The summed E-state index contributed by atoms with van der Waals surface area (Å²) in [4.78, 5) is 36.1. The summed E-state index contributed by atoms with van der Waals surface area (Å²) in [6, 6.07) is 8.46. The maximum atomic E-state index is 12.1. The molecule has 0 fully saturated rings. The number of carbonyl (C=O) groups excluding carboxylic acids is 3. The van der Waals surface area contributed by atoms with Crippen molar-refractivity contribution in [2.75, 3.05) is 19.0 Å². The van der Waals surface area contributed by atoms with E-state index in [4.69, 9.17) is 4.74 Å². The Balaban J connectivity index is 1.97. The lowest BCUT2D eigenvalue weighted by molar-refractivity contribution is -0.124. The van der Waals surface area contributed by atoms with E-state index in [1.807, 2.05) is 0 Å². The van der Waals surface area contributed by atoms with Crippen molar-refractivity contribution in [2.45, 2.75) is 6.04 Å². The molecule has 1 aromatic heterocycles. The van der Waals surface area contributed by atoms with Gasteiger partial charge in [-0.1, -0.05) is 6.07 Å². The highest BCUT2D eigenvalue weighted by Gasteiger charge is 2.25. The van der Waals surface area contributed by atoms with Crippen molar-refractivity contribution in [2.24, 2.45) is 0 Å². The van der Waals surface area contributed by atoms with Gasteiger partial charge in [0.15, 0.2) is 0 Å². The summed E-state index contributed by atoms with van der Waals surface area (Å²) in [7, 11) is 1.52. The molecule has 126 valence electrons. The maximum Gasteiger partial charge on any atom is 0.293 e. The average molecular weight is 348 g/mol. The van der Waals surface area contributed by atoms with E-state index in [9.17, 15) is 19.5 Å². The van der Waals surface area contributed by atoms with Crippen LogP contribution in [-0.2, 0) is 9.59 Å². The fourth-order valence-corrected chi connectivity index (χ4v) is 2.50. The van der Waals surface area contributed by atoms with Crippen LogP contribution in [-0.4, -0.2) is 42.5 Å². The van der Waals surface area contributed by atoms with Crippen molar-refractivity contribution in [1.82, 2.24) is 5.32 Å². The number of ketones is 1.